The molecule has 100 valence electrons. The van der Waals surface area contributed by atoms with E-state index in [1.807, 2.05) is 6.92 Å². The van der Waals surface area contributed by atoms with Crippen LogP contribution < -0.4 is 0 Å². The smallest absolute Gasteiger partial charge is 0.310 e. The average Bonchev–Trinajstić information content (AvgIpc) is 2.21. The third-order valence-corrected chi connectivity index (χ3v) is 4.10. The number of carboxylic acid groups (broad SMARTS) is 1. The number of carbonyl (C=O) groups is 1. The molecule has 0 radical (unpaired) electrons. The van der Waals surface area contributed by atoms with Crippen LogP contribution in [0.2, 0.25) is 0 Å². The van der Waals surface area contributed by atoms with E-state index in [2.05, 4.69) is 25.7 Å². The first kappa shape index (κ1) is 14.5. The number of nitrogens with zero attached hydrogens (tertiary/aromatic N) is 1. The summed E-state index contributed by atoms with van der Waals surface area (Å²) in [5, 5.41) is 9.37. The van der Waals surface area contributed by atoms with Crippen LogP contribution in [0.15, 0.2) is 0 Å². The molecule has 3 heteroatoms. The number of hydrogen-bond acceptors (Lipinski definition) is 2. The van der Waals surface area contributed by atoms with Crippen LogP contribution in [0, 0.1) is 10.8 Å². The van der Waals surface area contributed by atoms with E-state index in [1.165, 1.54) is 12.8 Å². The number of piperidine rings is 1. The van der Waals surface area contributed by atoms with Crippen LogP contribution in [0.1, 0.15) is 53.4 Å². The number of carboxylic acids is 1. The second-order valence-electron chi connectivity index (χ2n) is 6.56. The zero-order chi connectivity index (χ0) is 13.1. The second-order valence-corrected chi connectivity index (χ2v) is 6.56. The van der Waals surface area contributed by atoms with Gasteiger partial charge in [0.1, 0.15) is 0 Å². The summed E-state index contributed by atoms with van der Waals surface area (Å²) in [6, 6.07) is 0. The number of aliphatic carboxylic acids is 1. The fraction of sp³-hybridized carbons (Fsp3) is 0.929. The molecule has 1 N–H and O–H groups in total. The lowest BCUT2D eigenvalue weighted by molar-refractivity contribution is -0.150. The van der Waals surface area contributed by atoms with E-state index in [0.717, 1.165) is 25.9 Å². The van der Waals surface area contributed by atoms with E-state index in [4.69, 9.17) is 0 Å². The van der Waals surface area contributed by atoms with E-state index in [-0.39, 0.29) is 0 Å². The maximum Gasteiger partial charge on any atom is 0.310 e. The molecule has 0 aromatic heterocycles. The lowest BCUT2D eigenvalue weighted by atomic mass is 9.80. The van der Waals surface area contributed by atoms with Gasteiger partial charge in [0.15, 0.2) is 0 Å². The Morgan fingerprint density at radius 1 is 1.35 bits per heavy atom. The fourth-order valence-corrected chi connectivity index (χ4v) is 2.62. The monoisotopic (exact) mass is 241 g/mol. The summed E-state index contributed by atoms with van der Waals surface area (Å²) in [7, 11) is 0. The van der Waals surface area contributed by atoms with Crippen LogP contribution >= 0.6 is 0 Å². The molecule has 1 atom stereocenters. The number of hydrogen-bond donors (Lipinski definition) is 1. The second kappa shape index (κ2) is 5.38. The highest BCUT2D eigenvalue weighted by molar-refractivity contribution is 5.74. The van der Waals surface area contributed by atoms with Gasteiger partial charge in [0, 0.05) is 6.54 Å². The Kier molecular flexibility index (Phi) is 4.59. The lowest BCUT2D eigenvalue weighted by Gasteiger charge is -2.40. The molecule has 3 nitrogen and oxygen atoms in total. The van der Waals surface area contributed by atoms with Crippen LogP contribution in [0.25, 0.3) is 0 Å². The molecular formula is C14H27NO2. The summed E-state index contributed by atoms with van der Waals surface area (Å²) in [5.74, 6) is -0.649. The molecule has 17 heavy (non-hydrogen) atoms. The van der Waals surface area contributed by atoms with E-state index in [0.29, 0.717) is 12.0 Å². The molecule has 1 saturated heterocycles. The molecule has 0 saturated carbocycles. The van der Waals surface area contributed by atoms with Crippen molar-refractivity contribution in [2.45, 2.75) is 53.4 Å². The minimum atomic E-state index is -0.649. The van der Waals surface area contributed by atoms with E-state index < -0.39 is 11.4 Å². The molecule has 0 aliphatic carbocycles. The maximum absolute atomic E-state index is 11.4. The van der Waals surface area contributed by atoms with Crippen molar-refractivity contribution in [2.75, 3.05) is 19.6 Å². The summed E-state index contributed by atoms with van der Waals surface area (Å²) in [5.41, 5.74) is -0.142. The van der Waals surface area contributed by atoms with Gasteiger partial charge in [-0.1, -0.05) is 27.2 Å². The van der Waals surface area contributed by atoms with Gasteiger partial charge < -0.3 is 10.0 Å². The molecule has 1 aliphatic rings. The van der Waals surface area contributed by atoms with Crippen molar-refractivity contribution >= 4 is 5.97 Å². The van der Waals surface area contributed by atoms with E-state index in [1.54, 1.807) is 0 Å². The highest BCUT2D eigenvalue weighted by atomic mass is 16.4. The highest BCUT2D eigenvalue weighted by Gasteiger charge is 2.36. The molecule has 1 heterocycles. The Morgan fingerprint density at radius 2 is 1.88 bits per heavy atom. The largest absolute Gasteiger partial charge is 0.481 e. The molecule has 0 spiro atoms. The summed E-state index contributed by atoms with van der Waals surface area (Å²) < 4.78 is 0. The summed E-state index contributed by atoms with van der Waals surface area (Å²) >= 11 is 0. The van der Waals surface area contributed by atoms with Gasteiger partial charge in [-0.05, 0) is 44.7 Å². The van der Waals surface area contributed by atoms with Crippen molar-refractivity contribution in [1.29, 1.82) is 0 Å². The maximum atomic E-state index is 11.4. The predicted molar refractivity (Wildman–Crippen MR) is 70.1 cm³/mol. The molecule has 1 aliphatic heterocycles. The Hall–Kier alpha value is -0.570. The normalized spacial score (nSPS) is 24.2. The van der Waals surface area contributed by atoms with E-state index in [9.17, 15) is 9.90 Å². The van der Waals surface area contributed by atoms with Crippen molar-refractivity contribution in [3.05, 3.63) is 0 Å². The van der Waals surface area contributed by atoms with Gasteiger partial charge in [-0.15, -0.1) is 0 Å². The Morgan fingerprint density at radius 3 is 2.29 bits per heavy atom. The number of likely N-dealkylation sites (tertiary alicyclic amines) is 1. The van der Waals surface area contributed by atoms with Crippen LogP contribution in [-0.2, 0) is 4.79 Å². The van der Waals surface area contributed by atoms with Crippen molar-refractivity contribution in [3.8, 4) is 0 Å². The van der Waals surface area contributed by atoms with Crippen molar-refractivity contribution in [3.63, 3.8) is 0 Å². The Balaban J connectivity index is 2.55. The van der Waals surface area contributed by atoms with Crippen molar-refractivity contribution in [1.82, 2.24) is 4.90 Å². The van der Waals surface area contributed by atoms with E-state index >= 15 is 0 Å². The lowest BCUT2D eigenvalue weighted by Crippen LogP contribution is -2.45. The van der Waals surface area contributed by atoms with Gasteiger partial charge in [0.2, 0.25) is 0 Å². The van der Waals surface area contributed by atoms with Crippen LogP contribution in [0.3, 0.4) is 0 Å². The molecule has 1 rings (SSSR count). The van der Waals surface area contributed by atoms with Gasteiger partial charge in [-0.2, -0.15) is 0 Å². The summed E-state index contributed by atoms with van der Waals surface area (Å²) in [4.78, 5) is 13.7. The highest BCUT2D eigenvalue weighted by Crippen LogP contribution is 2.32. The average molecular weight is 241 g/mol. The molecule has 0 bridgehead atoms. The molecule has 0 aromatic carbocycles. The predicted octanol–water partition coefficient (Wildman–Crippen LogP) is 3.00. The van der Waals surface area contributed by atoms with Gasteiger partial charge in [0.05, 0.1) is 5.41 Å². The van der Waals surface area contributed by atoms with Crippen molar-refractivity contribution < 1.29 is 9.90 Å². The standard InChI is InChI=1S/C14H27NO2/c1-5-6-14(4,12(16)17)11-15-9-7-13(2,3)8-10-15/h5-11H2,1-4H3,(H,16,17). The fourth-order valence-electron chi connectivity index (χ4n) is 2.62. The van der Waals surface area contributed by atoms with Gasteiger partial charge >= 0.3 is 5.97 Å². The van der Waals surface area contributed by atoms with Crippen LogP contribution in [0.4, 0.5) is 0 Å². The van der Waals surface area contributed by atoms with Gasteiger partial charge in [-0.25, -0.2) is 0 Å². The first-order valence-corrected chi connectivity index (χ1v) is 6.75. The number of rotatable bonds is 5. The SMILES string of the molecule is CCCC(C)(CN1CCC(C)(C)CC1)C(=O)O. The quantitative estimate of drug-likeness (QED) is 0.804. The van der Waals surface area contributed by atoms with Crippen molar-refractivity contribution in [2.24, 2.45) is 10.8 Å². The Bertz CT molecular complexity index is 265. The molecular weight excluding hydrogens is 214 g/mol. The first-order valence-electron chi connectivity index (χ1n) is 6.75. The van der Waals surface area contributed by atoms with Gasteiger partial charge in [-0.3, -0.25) is 4.79 Å². The minimum Gasteiger partial charge on any atom is -0.481 e. The first-order chi connectivity index (χ1) is 7.79. The molecule has 1 unspecified atom stereocenters. The molecule has 0 aromatic rings. The zero-order valence-corrected chi connectivity index (χ0v) is 11.8. The molecule has 1 fully saturated rings. The van der Waals surface area contributed by atoms with Crippen LogP contribution in [0.5, 0.6) is 0 Å². The third kappa shape index (κ3) is 3.98. The Labute approximate surface area is 105 Å². The topological polar surface area (TPSA) is 40.5 Å². The zero-order valence-electron chi connectivity index (χ0n) is 11.8. The summed E-state index contributed by atoms with van der Waals surface area (Å²) in [6.45, 7) is 11.3. The van der Waals surface area contributed by atoms with Gasteiger partial charge in [0.25, 0.3) is 0 Å². The minimum absolute atomic E-state index is 0.431. The van der Waals surface area contributed by atoms with Crippen LogP contribution in [-0.4, -0.2) is 35.6 Å². The third-order valence-electron chi connectivity index (χ3n) is 4.10. The molecule has 0 amide bonds. The summed E-state index contributed by atoms with van der Waals surface area (Å²) in [6.07, 6.45) is 4.05.